The van der Waals surface area contributed by atoms with E-state index in [1.807, 2.05) is 0 Å². The highest BCUT2D eigenvalue weighted by molar-refractivity contribution is 7.90. The lowest BCUT2D eigenvalue weighted by Crippen LogP contribution is -2.37. The number of sulfone groups is 1. The molecule has 6 nitrogen and oxygen atoms in total. The summed E-state index contributed by atoms with van der Waals surface area (Å²) in [5.74, 6) is -0.483. The Hall–Kier alpha value is -1.67. The van der Waals surface area contributed by atoms with Crippen LogP contribution >= 0.6 is 11.3 Å². The van der Waals surface area contributed by atoms with Crippen LogP contribution in [0.15, 0.2) is 18.3 Å². The predicted molar refractivity (Wildman–Crippen MR) is 80.7 cm³/mol. The summed E-state index contributed by atoms with van der Waals surface area (Å²) in [5, 5.41) is 3.37. The lowest BCUT2D eigenvalue weighted by atomic mass is 10.2. The number of hydrogen-bond donors (Lipinski definition) is 2. The molecule has 1 unspecified atom stereocenters. The molecule has 2 aromatic heterocycles. The molecule has 0 aliphatic carbocycles. The van der Waals surface area contributed by atoms with E-state index in [0.29, 0.717) is 15.4 Å². The Labute approximate surface area is 120 Å². The maximum atomic E-state index is 12.1. The van der Waals surface area contributed by atoms with Gasteiger partial charge in [0.05, 0.1) is 11.4 Å². The van der Waals surface area contributed by atoms with Crippen LogP contribution in [0.5, 0.6) is 0 Å². The highest BCUT2D eigenvalue weighted by atomic mass is 32.2. The summed E-state index contributed by atoms with van der Waals surface area (Å²) in [4.78, 5) is 17.3. The van der Waals surface area contributed by atoms with Crippen molar-refractivity contribution in [1.29, 1.82) is 0 Å². The van der Waals surface area contributed by atoms with Gasteiger partial charge >= 0.3 is 0 Å². The highest BCUT2D eigenvalue weighted by Crippen LogP contribution is 2.31. The quantitative estimate of drug-likeness (QED) is 0.878. The highest BCUT2D eigenvalue weighted by Gasteiger charge is 2.19. The fraction of sp³-hybridized carbons (Fsp3) is 0.333. The number of nitrogen functional groups attached to an aromatic ring is 1. The molecule has 0 bridgehead atoms. The zero-order chi connectivity index (χ0) is 14.9. The molecule has 8 heteroatoms. The first-order valence-electron chi connectivity index (χ1n) is 5.89. The van der Waals surface area contributed by atoms with E-state index < -0.39 is 15.9 Å². The van der Waals surface area contributed by atoms with Crippen LogP contribution in [0, 0.1) is 0 Å². The third-order valence-electron chi connectivity index (χ3n) is 2.64. The van der Waals surface area contributed by atoms with Crippen LogP contribution in [-0.4, -0.2) is 37.4 Å². The average molecular weight is 313 g/mol. The number of fused-ring (bicyclic) bond motifs is 1. The summed E-state index contributed by atoms with van der Waals surface area (Å²) < 4.78 is 22.4. The largest absolute Gasteiger partial charge is 0.397 e. The zero-order valence-corrected chi connectivity index (χ0v) is 12.7. The zero-order valence-electron chi connectivity index (χ0n) is 11.1. The summed E-state index contributed by atoms with van der Waals surface area (Å²) in [6.07, 6.45) is 2.76. The van der Waals surface area contributed by atoms with Gasteiger partial charge in [0.25, 0.3) is 5.91 Å². The minimum absolute atomic E-state index is 0.109. The summed E-state index contributed by atoms with van der Waals surface area (Å²) in [6.45, 7) is 1.64. The van der Waals surface area contributed by atoms with Crippen LogP contribution in [0.4, 0.5) is 5.69 Å². The van der Waals surface area contributed by atoms with Gasteiger partial charge in [0.15, 0.2) is 0 Å². The molecule has 0 aliphatic rings. The molecule has 2 aromatic rings. The van der Waals surface area contributed by atoms with Crippen molar-refractivity contribution in [3.8, 4) is 0 Å². The Morgan fingerprint density at radius 2 is 2.25 bits per heavy atom. The molecule has 2 heterocycles. The average Bonchev–Trinajstić information content (AvgIpc) is 2.65. The lowest BCUT2D eigenvalue weighted by molar-refractivity contribution is 0.0948. The van der Waals surface area contributed by atoms with E-state index in [1.165, 1.54) is 11.3 Å². The van der Waals surface area contributed by atoms with E-state index in [2.05, 4.69) is 10.3 Å². The number of amides is 1. The van der Waals surface area contributed by atoms with Crippen molar-refractivity contribution in [2.24, 2.45) is 0 Å². The number of pyridine rings is 1. The van der Waals surface area contributed by atoms with E-state index in [-0.39, 0.29) is 11.7 Å². The molecular weight excluding hydrogens is 298 g/mol. The number of anilines is 1. The first-order valence-corrected chi connectivity index (χ1v) is 8.77. The number of carbonyl (C=O) groups excluding carboxylic acids is 1. The van der Waals surface area contributed by atoms with Gasteiger partial charge in [0, 0.05) is 23.9 Å². The normalized spacial score (nSPS) is 13.3. The molecule has 108 valence electrons. The van der Waals surface area contributed by atoms with Gasteiger partial charge in [-0.15, -0.1) is 11.3 Å². The second-order valence-electron chi connectivity index (χ2n) is 4.67. The van der Waals surface area contributed by atoms with Gasteiger partial charge in [-0.25, -0.2) is 13.4 Å². The maximum absolute atomic E-state index is 12.1. The van der Waals surface area contributed by atoms with E-state index >= 15 is 0 Å². The molecule has 1 amide bonds. The predicted octanol–water partition coefficient (Wildman–Crippen LogP) is 1.04. The molecule has 0 fully saturated rings. The lowest BCUT2D eigenvalue weighted by Gasteiger charge is -2.12. The van der Waals surface area contributed by atoms with E-state index in [9.17, 15) is 13.2 Å². The fourth-order valence-electron chi connectivity index (χ4n) is 1.90. The molecule has 1 atom stereocenters. The number of carbonyl (C=O) groups is 1. The van der Waals surface area contributed by atoms with Crippen LogP contribution in [0.3, 0.4) is 0 Å². The van der Waals surface area contributed by atoms with Crippen molar-refractivity contribution >= 4 is 43.0 Å². The van der Waals surface area contributed by atoms with E-state index in [0.717, 1.165) is 11.6 Å². The third-order valence-corrected chi connectivity index (χ3v) is 4.87. The molecule has 20 heavy (non-hydrogen) atoms. The first-order chi connectivity index (χ1) is 9.28. The number of nitrogens with one attached hydrogen (secondary N) is 1. The fourth-order valence-corrected chi connectivity index (χ4v) is 3.86. The minimum atomic E-state index is -3.14. The van der Waals surface area contributed by atoms with Crippen molar-refractivity contribution in [1.82, 2.24) is 10.3 Å². The Balaban J connectivity index is 2.22. The van der Waals surface area contributed by atoms with E-state index in [4.69, 9.17) is 5.73 Å². The molecule has 0 saturated carbocycles. The Bertz CT molecular complexity index is 752. The molecule has 0 aliphatic heterocycles. The third kappa shape index (κ3) is 3.26. The second kappa shape index (κ2) is 5.37. The van der Waals surface area contributed by atoms with Gasteiger partial charge in [0.2, 0.25) is 0 Å². The molecule has 2 rings (SSSR count). The van der Waals surface area contributed by atoms with Crippen molar-refractivity contribution in [2.45, 2.75) is 13.0 Å². The number of nitrogens with zero attached hydrogens (tertiary/aromatic N) is 1. The van der Waals surface area contributed by atoms with Gasteiger partial charge < -0.3 is 11.1 Å². The molecule has 3 N–H and O–H groups in total. The minimum Gasteiger partial charge on any atom is -0.397 e. The van der Waals surface area contributed by atoms with Crippen LogP contribution < -0.4 is 11.1 Å². The smallest absolute Gasteiger partial charge is 0.263 e. The monoisotopic (exact) mass is 313 g/mol. The topological polar surface area (TPSA) is 102 Å². The van der Waals surface area contributed by atoms with Crippen molar-refractivity contribution in [3.05, 3.63) is 23.2 Å². The van der Waals surface area contributed by atoms with Crippen molar-refractivity contribution in [3.63, 3.8) is 0 Å². The van der Waals surface area contributed by atoms with Crippen LogP contribution in [0.25, 0.3) is 10.2 Å². The Morgan fingerprint density at radius 3 is 2.85 bits per heavy atom. The van der Waals surface area contributed by atoms with E-state index in [1.54, 1.807) is 25.3 Å². The molecule has 0 spiro atoms. The first kappa shape index (κ1) is 14.7. The van der Waals surface area contributed by atoms with Crippen LogP contribution in [0.2, 0.25) is 0 Å². The molecule has 0 radical (unpaired) electrons. The second-order valence-corrected chi connectivity index (χ2v) is 7.85. The number of aromatic nitrogens is 1. The van der Waals surface area contributed by atoms with Crippen LogP contribution in [-0.2, 0) is 9.84 Å². The van der Waals surface area contributed by atoms with Crippen molar-refractivity contribution in [2.75, 3.05) is 17.7 Å². The SMILES string of the molecule is CC(CS(C)(=O)=O)NC(=O)c1sc2ncccc2c1N. The number of nitrogens with two attached hydrogens (primary N) is 1. The van der Waals surface area contributed by atoms with Gasteiger partial charge in [0.1, 0.15) is 19.5 Å². The van der Waals surface area contributed by atoms with Gasteiger partial charge in [-0.2, -0.15) is 0 Å². The molecular formula is C12H15N3O3S2. The number of hydrogen-bond acceptors (Lipinski definition) is 6. The summed E-state index contributed by atoms with van der Waals surface area (Å²) in [6, 6.07) is 3.07. The standard InChI is InChI=1S/C12H15N3O3S2/c1-7(6-20(2,17)18)15-11(16)10-9(13)8-4-3-5-14-12(8)19-10/h3-5,7H,6,13H2,1-2H3,(H,15,16). The summed E-state index contributed by atoms with van der Waals surface area (Å²) in [5.41, 5.74) is 6.31. The Morgan fingerprint density at radius 1 is 1.55 bits per heavy atom. The summed E-state index contributed by atoms with van der Waals surface area (Å²) in [7, 11) is -3.14. The van der Waals surface area contributed by atoms with Crippen LogP contribution in [0.1, 0.15) is 16.6 Å². The maximum Gasteiger partial charge on any atom is 0.263 e. The molecule has 0 saturated heterocycles. The Kier molecular flexibility index (Phi) is 3.96. The number of thiophene rings is 1. The molecule has 0 aromatic carbocycles. The van der Waals surface area contributed by atoms with Gasteiger partial charge in [-0.1, -0.05) is 0 Å². The van der Waals surface area contributed by atoms with Gasteiger partial charge in [-0.05, 0) is 19.1 Å². The summed E-state index contributed by atoms with van der Waals surface area (Å²) >= 11 is 1.19. The van der Waals surface area contributed by atoms with Crippen molar-refractivity contribution < 1.29 is 13.2 Å². The number of rotatable bonds is 4. The van der Waals surface area contributed by atoms with Gasteiger partial charge in [-0.3, -0.25) is 4.79 Å².